The second-order valence-corrected chi connectivity index (χ2v) is 16.9. The summed E-state index contributed by atoms with van der Waals surface area (Å²) in [6.07, 6.45) is -0.627. The number of pyridine rings is 2. The molecule has 0 bridgehead atoms. The molecule has 5 heterocycles. The van der Waals surface area contributed by atoms with Crippen LogP contribution in [0.4, 0.5) is 44.7 Å². The van der Waals surface area contributed by atoms with Gasteiger partial charge in [0.2, 0.25) is 0 Å². The minimum absolute atomic E-state index is 0. The van der Waals surface area contributed by atoms with Crippen molar-refractivity contribution in [1.29, 1.82) is 0 Å². The zero-order chi connectivity index (χ0) is 44.0. The number of piperazine rings is 2. The summed E-state index contributed by atoms with van der Waals surface area (Å²) in [6.45, 7) is 16.7. The average molecular weight is 922 g/mol. The fraction of sp³-hybridized carbons (Fsp3) is 0.500. The fourth-order valence-electron chi connectivity index (χ4n) is 6.89. The van der Waals surface area contributed by atoms with Gasteiger partial charge in [0.05, 0.1) is 42.1 Å². The first-order chi connectivity index (χ1) is 28.3. The number of halogens is 6. The Balaban J connectivity index is 0.000000263. The summed E-state index contributed by atoms with van der Waals surface area (Å²) in [5, 5.41) is 18.5. The van der Waals surface area contributed by atoms with Crippen molar-refractivity contribution < 1.29 is 41.5 Å². The van der Waals surface area contributed by atoms with Crippen molar-refractivity contribution in [1.82, 2.24) is 9.97 Å². The minimum Gasteiger partial charge on any atom is -0.399 e. The summed E-state index contributed by atoms with van der Waals surface area (Å²) < 4.78 is 78.3. The second kappa shape index (κ2) is 20.4. The Morgan fingerprint density at radius 1 is 0.574 bits per heavy atom. The molecule has 61 heavy (non-hydrogen) atoms. The van der Waals surface area contributed by atoms with Gasteiger partial charge >= 0.3 is 19.0 Å². The minimum atomic E-state index is -3.36. The van der Waals surface area contributed by atoms with Crippen molar-refractivity contribution in [3.63, 3.8) is 0 Å². The normalized spacial score (nSPS) is 18.6. The van der Waals surface area contributed by atoms with Gasteiger partial charge in [-0.1, -0.05) is 35.5 Å². The number of nitrogens with zero attached hydrogens (tertiary/aromatic N) is 6. The molecule has 0 spiro atoms. The maximum Gasteiger partial charge on any atom is 0.494 e. The van der Waals surface area contributed by atoms with E-state index in [2.05, 4.69) is 81.9 Å². The van der Waals surface area contributed by atoms with Gasteiger partial charge in [-0.15, -0.1) is 0 Å². The molecule has 3 aliphatic rings. The van der Waals surface area contributed by atoms with Gasteiger partial charge in [-0.3, -0.25) is 14.4 Å². The Kier molecular flexibility index (Phi) is 16.6. The Hall–Kier alpha value is -4.03. The standard InChI is InChI=1S/C24H32BF2N3O3.C18H20BrF2N3O.CH3F.CH4/c1-17(31)24(26,27)21-11-10-20(16-28-21)30-14-12-29(13-15-30)19-8-6-18(7-9-19)25-32-22(2,3)23(4,5)33-25;1-13(25)18(20,21)17-7-6-16(12-22-17)24-10-8-23(9-11-24)15-4-2-14(19)3-5-15;1-2;/h6-11,16-17,31H,12-15H2,1-5H3;2-7,12-13,25H,8-11H2,1H3;1H3;1H4. The molecule has 2 aromatic carbocycles. The molecule has 3 aliphatic heterocycles. The van der Waals surface area contributed by atoms with E-state index in [1.807, 2.05) is 39.8 Å². The summed E-state index contributed by atoms with van der Waals surface area (Å²) >= 11 is 3.44. The second-order valence-electron chi connectivity index (χ2n) is 16.0. The molecular weight excluding hydrogens is 862 g/mol. The van der Waals surface area contributed by atoms with Gasteiger partial charge in [0.25, 0.3) is 0 Å². The molecule has 4 aromatic rings. The lowest BCUT2D eigenvalue weighted by molar-refractivity contribution is -0.109. The van der Waals surface area contributed by atoms with E-state index >= 15 is 0 Å². The quantitative estimate of drug-likeness (QED) is 0.127. The van der Waals surface area contributed by atoms with Crippen LogP contribution in [0.15, 0.2) is 89.7 Å². The summed E-state index contributed by atoms with van der Waals surface area (Å²) in [6, 6.07) is 22.4. The van der Waals surface area contributed by atoms with Gasteiger partial charge < -0.3 is 39.1 Å². The topological polar surface area (TPSA) is 97.7 Å². The fourth-order valence-corrected chi connectivity index (χ4v) is 7.15. The monoisotopic (exact) mass is 920 g/mol. The first kappa shape index (κ1) is 49.6. The van der Waals surface area contributed by atoms with E-state index in [4.69, 9.17) is 9.31 Å². The maximum absolute atomic E-state index is 13.9. The Morgan fingerprint density at radius 2 is 0.869 bits per heavy atom. The number of hydrogen-bond acceptors (Lipinski definition) is 10. The van der Waals surface area contributed by atoms with E-state index in [0.29, 0.717) is 7.18 Å². The molecule has 0 saturated carbocycles. The number of aromatic nitrogens is 2. The van der Waals surface area contributed by atoms with Gasteiger partial charge in [0.15, 0.2) is 0 Å². The predicted octanol–water partition coefficient (Wildman–Crippen LogP) is 8.05. The first-order valence-electron chi connectivity index (χ1n) is 19.9. The highest BCUT2D eigenvalue weighted by Gasteiger charge is 2.51. The summed E-state index contributed by atoms with van der Waals surface area (Å²) in [4.78, 5) is 16.6. The van der Waals surface area contributed by atoms with Gasteiger partial charge in [-0.25, -0.2) is 0 Å². The van der Waals surface area contributed by atoms with Crippen LogP contribution in [-0.4, -0.2) is 110 Å². The largest absolute Gasteiger partial charge is 0.494 e. The van der Waals surface area contributed by atoms with Crippen LogP contribution < -0.4 is 25.1 Å². The lowest BCUT2D eigenvalue weighted by atomic mass is 9.79. The van der Waals surface area contributed by atoms with Crippen molar-refractivity contribution in [2.24, 2.45) is 0 Å². The van der Waals surface area contributed by atoms with E-state index in [-0.39, 0.29) is 25.7 Å². The van der Waals surface area contributed by atoms with Crippen LogP contribution in [0.5, 0.6) is 0 Å². The van der Waals surface area contributed by atoms with Gasteiger partial charge in [-0.2, -0.15) is 17.6 Å². The van der Waals surface area contributed by atoms with Crippen LogP contribution >= 0.6 is 15.9 Å². The number of aliphatic hydroxyl groups is 2. The summed E-state index contributed by atoms with van der Waals surface area (Å²) in [5.41, 5.74) is 3.36. The van der Waals surface area contributed by atoms with Gasteiger partial charge in [0, 0.05) is 68.2 Å². The smallest absolute Gasteiger partial charge is 0.399 e. The third-order valence-electron chi connectivity index (χ3n) is 11.5. The van der Waals surface area contributed by atoms with Crippen molar-refractivity contribution in [2.75, 3.05) is 79.1 Å². The van der Waals surface area contributed by atoms with Crippen molar-refractivity contribution in [3.8, 4) is 0 Å². The number of benzene rings is 2. The molecule has 2 aromatic heterocycles. The SMILES string of the molecule is C.CC(O)C(F)(F)c1ccc(N2CCN(c3ccc(B4OC(C)(C)C(C)(C)O4)cc3)CC2)cn1.CC(O)C(F)(F)c1ccc(N2CCN(c3ccc(Br)cc3)CC2)cn1.CF. The molecule has 2 atom stereocenters. The molecular formula is C44H59BBrF5N6O4. The number of rotatable bonds is 9. The van der Waals surface area contributed by atoms with Crippen LogP contribution in [-0.2, 0) is 21.2 Å². The van der Waals surface area contributed by atoms with Crippen LogP contribution in [0.3, 0.4) is 0 Å². The van der Waals surface area contributed by atoms with Crippen molar-refractivity contribution >= 4 is 51.3 Å². The highest BCUT2D eigenvalue weighted by Crippen LogP contribution is 2.37. The highest BCUT2D eigenvalue weighted by molar-refractivity contribution is 9.10. The molecule has 3 fully saturated rings. The van der Waals surface area contributed by atoms with E-state index in [0.717, 1.165) is 93.2 Å². The molecule has 0 aliphatic carbocycles. The van der Waals surface area contributed by atoms with Crippen LogP contribution in [0.25, 0.3) is 0 Å². The highest BCUT2D eigenvalue weighted by atomic mass is 79.9. The van der Waals surface area contributed by atoms with E-state index in [1.165, 1.54) is 30.2 Å². The van der Waals surface area contributed by atoms with Crippen LogP contribution in [0.2, 0.25) is 0 Å². The lowest BCUT2D eigenvalue weighted by Gasteiger charge is -2.37. The molecule has 334 valence electrons. The van der Waals surface area contributed by atoms with Crippen LogP contribution in [0.1, 0.15) is 60.4 Å². The van der Waals surface area contributed by atoms with Gasteiger partial charge in [0.1, 0.15) is 23.6 Å². The number of aliphatic hydroxyl groups excluding tert-OH is 2. The third-order valence-corrected chi connectivity index (χ3v) is 12.0. The molecule has 7 rings (SSSR count). The molecule has 2 N–H and O–H groups in total. The number of alkyl halides is 5. The Labute approximate surface area is 366 Å². The third kappa shape index (κ3) is 11.5. The van der Waals surface area contributed by atoms with Crippen molar-refractivity contribution in [3.05, 3.63) is 101 Å². The molecule has 0 radical (unpaired) electrons. The molecule has 2 unspecified atom stereocenters. The predicted molar refractivity (Wildman–Crippen MR) is 239 cm³/mol. The van der Waals surface area contributed by atoms with Crippen LogP contribution in [0, 0.1) is 0 Å². The maximum atomic E-state index is 13.9. The summed E-state index contributed by atoms with van der Waals surface area (Å²) in [7, 11) is 0.123. The van der Waals surface area contributed by atoms with E-state index < -0.39 is 35.4 Å². The van der Waals surface area contributed by atoms with E-state index in [1.54, 1.807) is 12.1 Å². The Bertz CT molecular complexity index is 1930. The molecule has 17 heteroatoms. The number of hydrogen-bond donors (Lipinski definition) is 2. The van der Waals surface area contributed by atoms with Gasteiger partial charge in [-0.05, 0) is 108 Å². The lowest BCUT2D eigenvalue weighted by Crippen LogP contribution is -2.46. The average Bonchev–Trinajstić information content (AvgIpc) is 3.47. The number of anilines is 4. The Morgan fingerprint density at radius 3 is 1.16 bits per heavy atom. The van der Waals surface area contributed by atoms with Crippen molar-refractivity contribution in [2.45, 2.75) is 84.2 Å². The first-order valence-corrected chi connectivity index (χ1v) is 20.7. The summed E-state index contributed by atoms with van der Waals surface area (Å²) in [5.74, 6) is -6.69. The molecule has 10 nitrogen and oxygen atoms in total. The molecule has 0 amide bonds. The zero-order valence-electron chi connectivity index (χ0n) is 35.1. The zero-order valence-corrected chi connectivity index (χ0v) is 36.7. The van der Waals surface area contributed by atoms with E-state index in [9.17, 15) is 32.2 Å². The molecule has 3 saturated heterocycles.